The third kappa shape index (κ3) is 7.95. The summed E-state index contributed by atoms with van der Waals surface area (Å²) in [4.78, 5) is 28.8. The molecule has 3 aromatic carbocycles. The monoisotopic (exact) mass is 635 g/mol. The molecule has 0 spiro atoms. The van der Waals surface area contributed by atoms with Gasteiger partial charge in [-0.05, 0) is 67.8 Å². The normalized spacial score (nSPS) is 14.7. The first-order valence-corrected chi connectivity index (χ1v) is 16.0. The highest BCUT2D eigenvalue weighted by molar-refractivity contribution is 7.92. The van der Waals surface area contributed by atoms with Gasteiger partial charge in [0.05, 0.1) is 15.6 Å². The molecule has 0 bridgehead atoms. The zero-order chi connectivity index (χ0) is 29.6. The summed E-state index contributed by atoms with van der Waals surface area (Å²) >= 11 is 18.7. The van der Waals surface area contributed by atoms with Crippen molar-refractivity contribution >= 4 is 62.3 Å². The predicted octanol–water partition coefficient (Wildman–Crippen LogP) is 6.71. The lowest BCUT2D eigenvalue weighted by atomic mass is 9.95. The van der Waals surface area contributed by atoms with Crippen molar-refractivity contribution < 1.29 is 18.0 Å². The van der Waals surface area contributed by atoms with Crippen LogP contribution >= 0.6 is 34.8 Å². The molecule has 0 unspecified atom stereocenters. The number of carbonyl (C=O) groups excluding carboxylic acids is 2. The summed E-state index contributed by atoms with van der Waals surface area (Å²) in [7, 11) is -4.24. The number of nitrogens with zero attached hydrogens (tertiary/aromatic N) is 2. The van der Waals surface area contributed by atoms with Crippen LogP contribution < -0.4 is 9.62 Å². The Labute approximate surface area is 256 Å². The average molecular weight is 637 g/mol. The average Bonchev–Trinajstić information content (AvgIpc) is 2.97. The molecular weight excluding hydrogens is 605 g/mol. The third-order valence-corrected chi connectivity index (χ3v) is 9.75. The van der Waals surface area contributed by atoms with E-state index in [1.165, 1.54) is 35.2 Å². The Balaban J connectivity index is 1.69. The van der Waals surface area contributed by atoms with Crippen LogP contribution in [0.5, 0.6) is 0 Å². The van der Waals surface area contributed by atoms with Gasteiger partial charge in [0.2, 0.25) is 11.8 Å². The third-order valence-electron chi connectivity index (χ3n) is 7.17. The summed E-state index contributed by atoms with van der Waals surface area (Å²) in [6.45, 7) is 1.11. The van der Waals surface area contributed by atoms with Crippen LogP contribution in [0.3, 0.4) is 0 Å². The van der Waals surface area contributed by atoms with E-state index in [-0.39, 0.29) is 39.1 Å². The number of anilines is 1. The molecule has 0 aliphatic heterocycles. The maximum absolute atomic E-state index is 14.0. The topological polar surface area (TPSA) is 86.8 Å². The number of nitrogens with one attached hydrogen (secondary N) is 1. The summed E-state index contributed by atoms with van der Waals surface area (Å²) in [5.74, 6) is -0.876. The quantitative estimate of drug-likeness (QED) is 0.268. The highest BCUT2D eigenvalue weighted by Gasteiger charge is 2.34. The van der Waals surface area contributed by atoms with Crippen molar-refractivity contribution in [3.63, 3.8) is 0 Å². The number of benzene rings is 3. The van der Waals surface area contributed by atoms with E-state index in [9.17, 15) is 18.0 Å². The summed E-state index contributed by atoms with van der Waals surface area (Å²) in [6, 6.07) is 18.3. The lowest BCUT2D eigenvalue weighted by molar-refractivity contribution is -0.139. The van der Waals surface area contributed by atoms with Crippen molar-refractivity contribution in [1.29, 1.82) is 0 Å². The van der Waals surface area contributed by atoms with Gasteiger partial charge in [0, 0.05) is 22.6 Å². The zero-order valence-corrected chi connectivity index (χ0v) is 25.7. The van der Waals surface area contributed by atoms with Crippen LogP contribution in [0, 0.1) is 0 Å². The van der Waals surface area contributed by atoms with Gasteiger partial charge in [-0.1, -0.05) is 84.4 Å². The number of amides is 2. The second kappa shape index (κ2) is 13.9. The van der Waals surface area contributed by atoms with Crippen LogP contribution in [0.1, 0.15) is 44.6 Å². The molecule has 1 saturated carbocycles. The fourth-order valence-electron chi connectivity index (χ4n) is 4.85. The molecule has 1 fully saturated rings. The minimum atomic E-state index is -4.24. The largest absolute Gasteiger partial charge is 0.352 e. The Morgan fingerprint density at radius 3 is 2.20 bits per heavy atom. The number of hydrogen-bond donors (Lipinski definition) is 1. The molecule has 3 aromatic rings. The second-order valence-corrected chi connectivity index (χ2v) is 13.2. The fourth-order valence-corrected chi connectivity index (χ4v) is 6.86. The van der Waals surface area contributed by atoms with Crippen LogP contribution in [-0.2, 0) is 26.2 Å². The second-order valence-electron chi connectivity index (χ2n) is 10.1. The standard InChI is InChI=1S/C30H32Cl3N3O4S/c1-21(30(38)34-25-8-4-2-5-9-25)35(19-22-12-14-23(31)15-13-22)29(37)20-36(28-18-24(32)16-17-27(28)33)41(39,40)26-10-6-3-7-11-26/h3,6-7,10-18,21,25H,2,4-5,8-9,19-20H2,1H3,(H,34,38)/t21-/m0/s1. The van der Waals surface area contributed by atoms with Gasteiger partial charge in [-0.15, -0.1) is 0 Å². The minimum Gasteiger partial charge on any atom is -0.352 e. The molecule has 0 aromatic heterocycles. The first kappa shape index (κ1) is 31.2. The van der Waals surface area contributed by atoms with Crippen LogP contribution in [-0.4, -0.2) is 43.8 Å². The molecule has 0 heterocycles. The SMILES string of the molecule is C[C@@H](C(=O)NC1CCCCC1)N(Cc1ccc(Cl)cc1)C(=O)CN(c1cc(Cl)ccc1Cl)S(=O)(=O)c1ccccc1. The van der Waals surface area contributed by atoms with Crippen molar-refractivity contribution in [2.24, 2.45) is 0 Å². The van der Waals surface area contributed by atoms with Crippen LogP contribution in [0.4, 0.5) is 5.69 Å². The van der Waals surface area contributed by atoms with E-state index < -0.39 is 28.5 Å². The number of rotatable bonds is 10. The summed E-state index contributed by atoms with van der Waals surface area (Å²) in [5.41, 5.74) is 0.792. The van der Waals surface area contributed by atoms with Crippen molar-refractivity contribution in [3.05, 3.63) is 93.4 Å². The van der Waals surface area contributed by atoms with E-state index in [1.807, 2.05) is 0 Å². The highest BCUT2D eigenvalue weighted by Crippen LogP contribution is 2.33. The molecule has 218 valence electrons. The van der Waals surface area contributed by atoms with Crippen LogP contribution in [0.2, 0.25) is 15.1 Å². The van der Waals surface area contributed by atoms with Crippen molar-refractivity contribution in [1.82, 2.24) is 10.2 Å². The van der Waals surface area contributed by atoms with E-state index in [2.05, 4.69) is 5.32 Å². The smallest absolute Gasteiger partial charge is 0.264 e. The molecule has 11 heteroatoms. The van der Waals surface area contributed by atoms with E-state index in [0.717, 1.165) is 42.0 Å². The van der Waals surface area contributed by atoms with Gasteiger partial charge in [-0.3, -0.25) is 13.9 Å². The van der Waals surface area contributed by atoms with Crippen LogP contribution in [0.25, 0.3) is 0 Å². The molecule has 2 amide bonds. The Bertz CT molecular complexity index is 1460. The lowest BCUT2D eigenvalue weighted by Gasteiger charge is -2.33. The molecule has 1 atom stereocenters. The van der Waals surface area contributed by atoms with Crippen molar-refractivity contribution in [2.45, 2.75) is 62.6 Å². The summed E-state index contributed by atoms with van der Waals surface area (Å²) in [6.07, 6.45) is 5.00. The zero-order valence-electron chi connectivity index (χ0n) is 22.6. The Hall–Kier alpha value is -2.78. The number of sulfonamides is 1. The molecular formula is C30H32Cl3N3O4S. The van der Waals surface area contributed by atoms with Gasteiger partial charge in [-0.2, -0.15) is 0 Å². The molecule has 0 saturated heterocycles. The first-order valence-electron chi connectivity index (χ1n) is 13.4. The van der Waals surface area contributed by atoms with E-state index in [4.69, 9.17) is 34.8 Å². The number of carbonyl (C=O) groups is 2. The van der Waals surface area contributed by atoms with Gasteiger partial charge >= 0.3 is 0 Å². The van der Waals surface area contributed by atoms with Gasteiger partial charge in [0.25, 0.3) is 10.0 Å². The molecule has 41 heavy (non-hydrogen) atoms. The molecule has 0 radical (unpaired) electrons. The Kier molecular flexibility index (Phi) is 10.6. The van der Waals surface area contributed by atoms with Crippen molar-refractivity contribution in [2.75, 3.05) is 10.8 Å². The van der Waals surface area contributed by atoms with E-state index in [1.54, 1.807) is 49.4 Å². The van der Waals surface area contributed by atoms with E-state index in [0.29, 0.717) is 5.02 Å². The minimum absolute atomic E-state index is 0.0174. The molecule has 1 N–H and O–H groups in total. The number of halogens is 3. The van der Waals surface area contributed by atoms with Gasteiger partial charge in [-0.25, -0.2) is 8.42 Å². The maximum Gasteiger partial charge on any atom is 0.264 e. The molecule has 4 rings (SSSR count). The lowest BCUT2D eigenvalue weighted by Crippen LogP contribution is -2.53. The van der Waals surface area contributed by atoms with Gasteiger partial charge in [0.1, 0.15) is 12.6 Å². The first-order chi connectivity index (χ1) is 19.6. The van der Waals surface area contributed by atoms with Crippen molar-refractivity contribution in [3.8, 4) is 0 Å². The Morgan fingerprint density at radius 2 is 1.54 bits per heavy atom. The molecule has 7 nitrogen and oxygen atoms in total. The fraction of sp³-hybridized carbons (Fsp3) is 0.333. The maximum atomic E-state index is 14.0. The molecule has 1 aliphatic rings. The summed E-state index contributed by atoms with van der Waals surface area (Å²) < 4.78 is 28.7. The molecule has 1 aliphatic carbocycles. The predicted molar refractivity (Wildman–Crippen MR) is 164 cm³/mol. The number of hydrogen-bond acceptors (Lipinski definition) is 4. The summed E-state index contributed by atoms with van der Waals surface area (Å²) in [5, 5.41) is 3.97. The Morgan fingerprint density at radius 1 is 0.902 bits per heavy atom. The van der Waals surface area contributed by atoms with Crippen LogP contribution in [0.15, 0.2) is 77.7 Å². The van der Waals surface area contributed by atoms with Gasteiger partial charge < -0.3 is 10.2 Å². The highest BCUT2D eigenvalue weighted by atomic mass is 35.5. The van der Waals surface area contributed by atoms with E-state index >= 15 is 0 Å². The van der Waals surface area contributed by atoms with Gasteiger partial charge in [0.15, 0.2) is 0 Å².